The molecule has 0 saturated carbocycles. The summed E-state index contributed by atoms with van der Waals surface area (Å²) in [4.78, 5) is -0.773. The molecule has 0 heterocycles. The van der Waals surface area contributed by atoms with Crippen LogP contribution >= 0.6 is 0 Å². The number of hydrogen-bond acceptors (Lipinski definition) is 7. The molecule has 0 amide bonds. The van der Waals surface area contributed by atoms with Gasteiger partial charge in [0.1, 0.15) is 31.7 Å². The second-order valence-electron chi connectivity index (χ2n) is 3.95. The van der Waals surface area contributed by atoms with Crippen LogP contribution in [0.4, 0.5) is 0 Å². The van der Waals surface area contributed by atoms with Crippen LogP contribution in [0, 0.1) is 0 Å². The van der Waals surface area contributed by atoms with Gasteiger partial charge in [-0.15, -0.1) is 0 Å². The molecule has 0 saturated heterocycles. The zero-order chi connectivity index (χ0) is 15.7. The van der Waals surface area contributed by atoms with E-state index in [0.717, 1.165) is 24.3 Å². The third-order valence-electron chi connectivity index (χ3n) is 2.46. The van der Waals surface area contributed by atoms with Crippen LogP contribution in [-0.2, 0) is 20.2 Å². The summed E-state index contributed by atoms with van der Waals surface area (Å²) in [6.45, 7) is 0. The summed E-state index contributed by atoms with van der Waals surface area (Å²) in [6, 6.07) is 9.49. The topological polar surface area (TPSA) is 124 Å². The van der Waals surface area contributed by atoms with Crippen molar-refractivity contribution in [3.8, 4) is 11.5 Å². The maximum atomic E-state index is 10.8. The number of hydrogen-bond donors (Lipinski definition) is 0. The number of rotatable bonds is 4. The van der Waals surface area contributed by atoms with Crippen molar-refractivity contribution in [2.45, 2.75) is 9.79 Å². The Labute approximate surface area is 178 Å². The second-order valence-corrected chi connectivity index (χ2v) is 6.71. The molecule has 0 N–H and O–H groups in total. The number of ether oxygens (including phenoxy) is 1. The van der Waals surface area contributed by atoms with Gasteiger partial charge in [0, 0.05) is 0 Å². The van der Waals surface area contributed by atoms with Crippen molar-refractivity contribution in [1.82, 2.24) is 0 Å². The maximum absolute atomic E-state index is 10.8. The van der Waals surface area contributed by atoms with Gasteiger partial charge in [0.2, 0.25) is 0 Å². The van der Waals surface area contributed by atoms with Gasteiger partial charge in [0.05, 0.1) is 9.79 Å². The van der Waals surface area contributed by atoms with Crippen LogP contribution in [0.2, 0.25) is 0 Å². The first-order valence-electron chi connectivity index (χ1n) is 5.46. The van der Waals surface area contributed by atoms with E-state index in [1.165, 1.54) is 24.3 Å². The Balaban J connectivity index is 0.00000242. The third kappa shape index (κ3) is 6.83. The molecule has 0 atom stereocenters. The first-order valence-corrected chi connectivity index (χ1v) is 8.28. The first-order chi connectivity index (χ1) is 9.66. The Morgan fingerprint density at radius 2 is 0.870 bits per heavy atom. The molecule has 0 aliphatic carbocycles. The van der Waals surface area contributed by atoms with E-state index in [0.29, 0.717) is 0 Å². The molecule has 0 aliphatic rings. The summed E-state index contributed by atoms with van der Waals surface area (Å²) >= 11 is 0. The Morgan fingerprint density at radius 3 is 1.09 bits per heavy atom. The molecule has 2 rings (SSSR count). The largest absolute Gasteiger partial charge is 1.00 e. The van der Waals surface area contributed by atoms with Crippen LogP contribution in [-0.4, -0.2) is 25.9 Å². The molecule has 112 valence electrons. The Morgan fingerprint density at radius 1 is 0.609 bits per heavy atom. The fourth-order valence-electron chi connectivity index (χ4n) is 1.48. The summed E-state index contributed by atoms with van der Waals surface area (Å²) in [5, 5.41) is 0. The van der Waals surface area contributed by atoms with Crippen LogP contribution < -0.4 is 63.9 Å². The van der Waals surface area contributed by atoms with Crippen LogP contribution in [0.3, 0.4) is 0 Å². The van der Waals surface area contributed by atoms with Gasteiger partial charge in [0.25, 0.3) is 0 Å². The quantitative estimate of drug-likeness (QED) is 0.389. The van der Waals surface area contributed by atoms with Crippen molar-refractivity contribution >= 4 is 20.2 Å². The summed E-state index contributed by atoms with van der Waals surface area (Å²) in [5.74, 6) is 0.500. The third-order valence-corrected chi connectivity index (χ3v) is 4.16. The summed E-state index contributed by atoms with van der Waals surface area (Å²) in [5.41, 5.74) is 0. The summed E-state index contributed by atoms with van der Waals surface area (Å²) < 4.78 is 69.8. The second kappa shape index (κ2) is 8.95. The van der Waals surface area contributed by atoms with Gasteiger partial charge in [-0.3, -0.25) is 0 Å². The molecular formula is C12H8Na2O7S2. The summed E-state index contributed by atoms with van der Waals surface area (Å²) in [7, 11) is -9.04. The molecule has 11 heteroatoms. The Kier molecular flexibility index (Phi) is 8.98. The molecular weight excluding hydrogens is 366 g/mol. The van der Waals surface area contributed by atoms with E-state index < -0.39 is 20.2 Å². The molecule has 7 nitrogen and oxygen atoms in total. The van der Waals surface area contributed by atoms with Gasteiger partial charge in [-0.25, -0.2) is 16.8 Å². The van der Waals surface area contributed by atoms with E-state index in [1.54, 1.807) is 0 Å². The van der Waals surface area contributed by atoms with Gasteiger partial charge in [0.15, 0.2) is 0 Å². The molecule has 0 aliphatic heterocycles. The average Bonchev–Trinajstić information content (AvgIpc) is 2.38. The predicted molar refractivity (Wildman–Crippen MR) is 68.9 cm³/mol. The molecule has 0 fully saturated rings. The molecule has 23 heavy (non-hydrogen) atoms. The van der Waals surface area contributed by atoms with Gasteiger partial charge in [-0.1, -0.05) is 0 Å². The fraction of sp³-hybridized carbons (Fsp3) is 0. The first kappa shape index (κ1) is 23.1. The van der Waals surface area contributed by atoms with Gasteiger partial charge >= 0.3 is 59.1 Å². The van der Waals surface area contributed by atoms with E-state index in [9.17, 15) is 25.9 Å². The van der Waals surface area contributed by atoms with E-state index in [-0.39, 0.29) is 80.4 Å². The van der Waals surface area contributed by atoms with Crippen LogP contribution in [0.5, 0.6) is 11.5 Å². The van der Waals surface area contributed by atoms with Crippen molar-refractivity contribution in [2.75, 3.05) is 0 Å². The molecule has 0 unspecified atom stereocenters. The molecule has 2 aromatic carbocycles. The van der Waals surface area contributed by atoms with Crippen LogP contribution in [0.15, 0.2) is 58.3 Å². The van der Waals surface area contributed by atoms with Crippen molar-refractivity contribution in [3.05, 3.63) is 48.5 Å². The van der Waals surface area contributed by atoms with E-state index in [4.69, 9.17) is 4.74 Å². The normalized spacial score (nSPS) is 11.0. The summed E-state index contributed by atoms with van der Waals surface area (Å²) in [6.07, 6.45) is 0. The number of benzene rings is 2. The van der Waals surface area contributed by atoms with Crippen molar-refractivity contribution in [3.63, 3.8) is 0 Å². The fourth-order valence-corrected chi connectivity index (χ4v) is 2.42. The van der Waals surface area contributed by atoms with Gasteiger partial charge in [-0.2, -0.15) is 0 Å². The van der Waals surface area contributed by atoms with Gasteiger partial charge < -0.3 is 13.8 Å². The van der Waals surface area contributed by atoms with Gasteiger partial charge in [-0.05, 0) is 48.5 Å². The molecule has 0 bridgehead atoms. The minimum atomic E-state index is -4.52. The Hall–Kier alpha value is 0.0600. The molecule has 2 aromatic rings. The monoisotopic (exact) mass is 374 g/mol. The van der Waals surface area contributed by atoms with Crippen molar-refractivity contribution < 1.29 is 89.8 Å². The van der Waals surface area contributed by atoms with E-state index >= 15 is 0 Å². The van der Waals surface area contributed by atoms with Crippen molar-refractivity contribution in [2.24, 2.45) is 0 Å². The molecule has 0 radical (unpaired) electrons. The zero-order valence-electron chi connectivity index (χ0n) is 12.3. The van der Waals surface area contributed by atoms with E-state index in [2.05, 4.69) is 0 Å². The van der Waals surface area contributed by atoms with E-state index in [1.807, 2.05) is 0 Å². The van der Waals surface area contributed by atoms with Crippen LogP contribution in [0.25, 0.3) is 0 Å². The molecule has 0 aromatic heterocycles. The smallest absolute Gasteiger partial charge is 0.744 e. The minimum Gasteiger partial charge on any atom is -0.744 e. The maximum Gasteiger partial charge on any atom is 1.00 e. The standard InChI is InChI=1S/C12H10O7S2.2Na/c13-20(14,15)11-5-1-9(2-6-11)19-10-3-7-12(8-4-10)21(16,17)18;;/h1-8H,(H,13,14,15)(H,16,17,18);;/q;2*+1/p-2. The minimum absolute atomic E-state index is 0. The SMILES string of the molecule is O=S(=O)([O-])c1ccc(Oc2ccc(S(=O)(=O)[O-])cc2)cc1.[Na+].[Na+]. The van der Waals surface area contributed by atoms with Crippen molar-refractivity contribution in [1.29, 1.82) is 0 Å². The average molecular weight is 374 g/mol. The zero-order valence-corrected chi connectivity index (χ0v) is 17.9. The Bertz CT molecular complexity index is 772. The predicted octanol–water partition coefficient (Wildman–Crippen LogP) is -4.70. The van der Waals surface area contributed by atoms with Crippen LogP contribution in [0.1, 0.15) is 0 Å². The molecule has 0 spiro atoms.